The van der Waals surface area contributed by atoms with Gasteiger partial charge >= 0.3 is 0 Å². The normalized spacial score (nSPS) is 20.4. The van der Waals surface area contributed by atoms with Crippen molar-refractivity contribution in [2.75, 3.05) is 7.05 Å². The first-order valence-corrected chi connectivity index (χ1v) is 9.10. The molecule has 1 atom stereocenters. The fourth-order valence-corrected chi connectivity index (χ4v) is 3.41. The summed E-state index contributed by atoms with van der Waals surface area (Å²) < 4.78 is 0. The van der Waals surface area contributed by atoms with E-state index in [2.05, 4.69) is 55.2 Å². The Kier molecular flexibility index (Phi) is 4.86. The van der Waals surface area contributed by atoms with E-state index in [1.54, 1.807) is 7.05 Å². The van der Waals surface area contributed by atoms with Gasteiger partial charge in [0.2, 0.25) is 5.91 Å². The molecule has 0 saturated heterocycles. The van der Waals surface area contributed by atoms with Crippen LogP contribution in [0.15, 0.2) is 53.5 Å². The lowest BCUT2D eigenvalue weighted by Crippen LogP contribution is -2.47. The molecule has 2 aromatic rings. The van der Waals surface area contributed by atoms with Crippen molar-refractivity contribution < 1.29 is 4.79 Å². The molecule has 4 heteroatoms. The molecular formula is C22H27N3O. The van der Waals surface area contributed by atoms with Gasteiger partial charge in [-0.1, -0.05) is 56.3 Å². The second-order valence-corrected chi connectivity index (χ2v) is 7.75. The van der Waals surface area contributed by atoms with Crippen LogP contribution < -0.4 is 5.73 Å². The van der Waals surface area contributed by atoms with Crippen LogP contribution in [0.2, 0.25) is 0 Å². The van der Waals surface area contributed by atoms with Gasteiger partial charge in [0.05, 0.1) is 12.0 Å². The van der Waals surface area contributed by atoms with E-state index >= 15 is 0 Å². The van der Waals surface area contributed by atoms with Crippen LogP contribution in [0.5, 0.6) is 0 Å². The average Bonchev–Trinajstić information content (AvgIpc) is 2.60. The molecule has 1 aliphatic heterocycles. The molecule has 1 amide bonds. The largest absolute Gasteiger partial charge is 0.369 e. The first-order chi connectivity index (χ1) is 12.3. The molecule has 4 nitrogen and oxygen atoms in total. The van der Waals surface area contributed by atoms with Crippen molar-refractivity contribution in [2.24, 2.45) is 16.6 Å². The summed E-state index contributed by atoms with van der Waals surface area (Å²) in [4.78, 5) is 18.3. The highest BCUT2D eigenvalue weighted by Gasteiger charge is 2.36. The molecule has 0 fully saturated rings. The molecule has 0 aliphatic carbocycles. The Morgan fingerprint density at radius 3 is 2.46 bits per heavy atom. The second kappa shape index (κ2) is 6.94. The Morgan fingerprint density at radius 1 is 1.15 bits per heavy atom. The Labute approximate surface area is 155 Å². The number of hydrogen-bond acceptors (Lipinski definition) is 3. The minimum absolute atomic E-state index is 0.0107. The fourth-order valence-electron chi connectivity index (χ4n) is 3.41. The Morgan fingerprint density at radius 2 is 1.85 bits per heavy atom. The highest BCUT2D eigenvalue weighted by Crippen LogP contribution is 2.35. The molecule has 0 bridgehead atoms. The van der Waals surface area contributed by atoms with Gasteiger partial charge in [0, 0.05) is 7.05 Å². The molecule has 3 rings (SSSR count). The summed E-state index contributed by atoms with van der Waals surface area (Å²) in [7, 11) is 1.66. The summed E-state index contributed by atoms with van der Waals surface area (Å²) >= 11 is 0. The summed E-state index contributed by atoms with van der Waals surface area (Å²) in [6, 6.07) is 17.0. The summed E-state index contributed by atoms with van der Waals surface area (Å²) in [5.41, 5.74) is 9.97. The van der Waals surface area contributed by atoms with E-state index in [-0.39, 0.29) is 11.9 Å². The van der Waals surface area contributed by atoms with Crippen LogP contribution in [0.25, 0.3) is 11.1 Å². The molecule has 1 heterocycles. The van der Waals surface area contributed by atoms with Crippen molar-refractivity contribution in [1.82, 2.24) is 4.90 Å². The zero-order valence-electron chi connectivity index (χ0n) is 16.0. The van der Waals surface area contributed by atoms with Crippen LogP contribution in [0.4, 0.5) is 0 Å². The zero-order valence-corrected chi connectivity index (χ0v) is 16.0. The Hall–Kier alpha value is -2.62. The van der Waals surface area contributed by atoms with Crippen LogP contribution >= 0.6 is 0 Å². The molecule has 2 aromatic carbocycles. The highest BCUT2D eigenvalue weighted by atomic mass is 16.2. The predicted molar refractivity (Wildman–Crippen MR) is 107 cm³/mol. The van der Waals surface area contributed by atoms with Crippen molar-refractivity contribution in [3.05, 3.63) is 59.7 Å². The maximum atomic E-state index is 12.2. The molecule has 0 aromatic heterocycles. The quantitative estimate of drug-likeness (QED) is 0.909. The molecule has 1 aliphatic rings. The van der Waals surface area contributed by atoms with Crippen molar-refractivity contribution >= 4 is 11.9 Å². The first-order valence-electron chi connectivity index (χ1n) is 9.10. The van der Waals surface area contributed by atoms with Gasteiger partial charge in [-0.25, -0.2) is 4.99 Å². The lowest BCUT2D eigenvalue weighted by atomic mass is 9.86. The van der Waals surface area contributed by atoms with Crippen LogP contribution in [0.1, 0.15) is 38.3 Å². The van der Waals surface area contributed by atoms with E-state index in [1.165, 1.54) is 16.0 Å². The van der Waals surface area contributed by atoms with E-state index < -0.39 is 5.54 Å². The predicted octanol–water partition coefficient (Wildman–Crippen LogP) is 3.94. The van der Waals surface area contributed by atoms with Crippen LogP contribution in [-0.4, -0.2) is 23.8 Å². The van der Waals surface area contributed by atoms with Gasteiger partial charge < -0.3 is 5.73 Å². The number of aliphatic imine (C=N–C) groups is 1. The van der Waals surface area contributed by atoms with E-state index in [0.29, 0.717) is 12.3 Å². The molecule has 1 unspecified atom stereocenters. The third kappa shape index (κ3) is 3.64. The van der Waals surface area contributed by atoms with Crippen molar-refractivity contribution in [3.8, 4) is 11.1 Å². The summed E-state index contributed by atoms with van der Waals surface area (Å²) in [5, 5.41) is 0. The average molecular weight is 349 g/mol. The van der Waals surface area contributed by atoms with E-state index in [9.17, 15) is 4.79 Å². The van der Waals surface area contributed by atoms with Crippen molar-refractivity contribution in [3.63, 3.8) is 0 Å². The van der Waals surface area contributed by atoms with Gasteiger partial charge in [-0.15, -0.1) is 0 Å². The lowest BCUT2D eigenvalue weighted by Gasteiger charge is -2.33. The molecule has 2 N–H and O–H groups in total. The second-order valence-electron chi connectivity index (χ2n) is 7.75. The van der Waals surface area contributed by atoms with Gasteiger partial charge in [-0.05, 0) is 47.6 Å². The molecular weight excluding hydrogens is 322 g/mol. The summed E-state index contributed by atoms with van der Waals surface area (Å²) in [6.45, 7) is 6.43. The van der Waals surface area contributed by atoms with Gasteiger partial charge in [-0.2, -0.15) is 0 Å². The number of guanidine groups is 1. The molecule has 0 saturated carbocycles. The Balaban J connectivity index is 1.92. The molecule has 26 heavy (non-hydrogen) atoms. The number of amides is 1. The minimum atomic E-state index is -0.624. The third-order valence-corrected chi connectivity index (χ3v) is 4.99. The van der Waals surface area contributed by atoms with Crippen molar-refractivity contribution in [2.45, 2.75) is 39.2 Å². The number of rotatable bonds is 4. The summed E-state index contributed by atoms with van der Waals surface area (Å²) in [6.07, 6.45) is 1.41. The van der Waals surface area contributed by atoms with E-state index in [4.69, 9.17) is 5.73 Å². The third-order valence-electron chi connectivity index (χ3n) is 4.99. The van der Waals surface area contributed by atoms with E-state index in [1.807, 2.05) is 19.1 Å². The van der Waals surface area contributed by atoms with Gasteiger partial charge in [0.15, 0.2) is 5.96 Å². The maximum absolute atomic E-state index is 12.2. The molecule has 0 spiro atoms. The minimum Gasteiger partial charge on any atom is -0.369 e. The van der Waals surface area contributed by atoms with Crippen LogP contribution in [-0.2, 0) is 16.8 Å². The van der Waals surface area contributed by atoms with Gasteiger partial charge in [-0.3, -0.25) is 9.69 Å². The number of nitrogens with zero attached hydrogens (tertiary/aromatic N) is 2. The first kappa shape index (κ1) is 18.2. The number of hydrogen-bond donors (Lipinski definition) is 1. The summed E-state index contributed by atoms with van der Waals surface area (Å²) in [5.74, 6) is 0.907. The zero-order chi connectivity index (χ0) is 18.9. The van der Waals surface area contributed by atoms with Gasteiger partial charge in [0.1, 0.15) is 0 Å². The van der Waals surface area contributed by atoms with Gasteiger partial charge in [0.25, 0.3) is 0 Å². The number of nitrogens with two attached hydrogens (primary N) is 1. The number of carbonyl (C=O) groups is 1. The van der Waals surface area contributed by atoms with Crippen LogP contribution in [0, 0.1) is 5.92 Å². The Bertz CT molecular complexity index is 839. The number of carbonyl (C=O) groups excluding carboxylic acids is 1. The SMILES string of the molecule is CC(C)Cc1ccc(-c2cccc(C3(C)CC(=O)N(C)C(N)=N3)c2)cc1. The number of benzene rings is 2. The fraction of sp³-hybridized carbons (Fsp3) is 0.364. The van der Waals surface area contributed by atoms with Crippen molar-refractivity contribution in [1.29, 1.82) is 0 Å². The molecule has 136 valence electrons. The topological polar surface area (TPSA) is 58.7 Å². The highest BCUT2D eigenvalue weighted by molar-refractivity contribution is 5.98. The monoisotopic (exact) mass is 349 g/mol. The van der Waals surface area contributed by atoms with E-state index in [0.717, 1.165) is 17.5 Å². The smallest absolute Gasteiger partial charge is 0.231 e. The lowest BCUT2D eigenvalue weighted by molar-refractivity contribution is -0.128. The van der Waals surface area contributed by atoms with Crippen LogP contribution in [0.3, 0.4) is 0 Å². The molecule has 0 radical (unpaired) electrons. The standard InChI is InChI=1S/C22H27N3O/c1-15(2)12-16-8-10-17(11-9-16)18-6-5-7-19(13-18)22(3)14-20(26)25(4)21(23)24-22/h5-11,13,15H,12,14H2,1-4H3,(H2,23,24). The maximum Gasteiger partial charge on any atom is 0.231 e.